The molecule has 54 valence electrons. The van der Waals surface area contributed by atoms with E-state index in [1.165, 1.54) is 5.06 Å². The van der Waals surface area contributed by atoms with Crippen LogP contribution in [0.5, 0.6) is 0 Å². The number of ether oxygens (including phenoxy) is 1. The second-order valence-electron chi connectivity index (χ2n) is 2.62. The van der Waals surface area contributed by atoms with Gasteiger partial charge in [-0.25, -0.2) is 0 Å². The van der Waals surface area contributed by atoms with Crippen molar-refractivity contribution in [3.05, 3.63) is 0 Å². The fourth-order valence-electron chi connectivity index (χ4n) is 0.996. The molecule has 0 amide bonds. The number of nitrogens with zero attached hydrogens (tertiary/aromatic N) is 1. The summed E-state index contributed by atoms with van der Waals surface area (Å²) in [5, 5.41) is 10.6. The fourth-order valence-corrected chi connectivity index (χ4v) is 0.996. The van der Waals surface area contributed by atoms with E-state index in [-0.39, 0.29) is 12.1 Å². The Morgan fingerprint density at radius 1 is 1.33 bits per heavy atom. The van der Waals surface area contributed by atoms with Crippen LogP contribution in [0.2, 0.25) is 0 Å². The van der Waals surface area contributed by atoms with Gasteiger partial charge in [0.1, 0.15) is 0 Å². The van der Waals surface area contributed by atoms with Gasteiger partial charge in [0.25, 0.3) is 0 Å². The lowest BCUT2D eigenvalue weighted by molar-refractivity contribution is -0.206. The van der Waals surface area contributed by atoms with Crippen molar-refractivity contribution in [1.29, 1.82) is 0 Å². The second kappa shape index (κ2) is 2.64. The summed E-state index contributed by atoms with van der Waals surface area (Å²) in [5.41, 5.74) is 0. The van der Waals surface area contributed by atoms with E-state index in [2.05, 4.69) is 0 Å². The van der Waals surface area contributed by atoms with Crippen LogP contribution >= 0.6 is 0 Å². The van der Waals surface area contributed by atoms with Gasteiger partial charge < -0.3 is 9.94 Å². The molecule has 2 unspecified atom stereocenters. The van der Waals surface area contributed by atoms with Crippen LogP contribution in [0.4, 0.5) is 0 Å². The molecule has 1 rings (SSSR count). The highest BCUT2D eigenvalue weighted by molar-refractivity contribution is 4.69. The summed E-state index contributed by atoms with van der Waals surface area (Å²) in [6, 6.07) is 0.294. The van der Waals surface area contributed by atoms with Gasteiger partial charge >= 0.3 is 0 Å². The SMILES string of the molecule is CC1COCC(C)N1O. The zero-order valence-electron chi connectivity index (χ0n) is 5.87. The van der Waals surface area contributed by atoms with Gasteiger partial charge in [-0.2, -0.15) is 5.06 Å². The lowest BCUT2D eigenvalue weighted by Gasteiger charge is -2.33. The van der Waals surface area contributed by atoms with E-state index < -0.39 is 0 Å². The summed E-state index contributed by atoms with van der Waals surface area (Å²) >= 11 is 0. The van der Waals surface area contributed by atoms with Gasteiger partial charge in [-0.05, 0) is 13.8 Å². The van der Waals surface area contributed by atoms with E-state index in [0.29, 0.717) is 13.2 Å². The van der Waals surface area contributed by atoms with Crippen molar-refractivity contribution in [3.8, 4) is 0 Å². The molecule has 0 aromatic heterocycles. The van der Waals surface area contributed by atoms with Crippen LogP contribution in [-0.2, 0) is 4.74 Å². The van der Waals surface area contributed by atoms with Crippen LogP contribution in [-0.4, -0.2) is 35.6 Å². The van der Waals surface area contributed by atoms with Gasteiger partial charge in [-0.3, -0.25) is 0 Å². The number of rotatable bonds is 0. The maximum absolute atomic E-state index is 9.20. The van der Waals surface area contributed by atoms with Gasteiger partial charge in [-0.1, -0.05) is 0 Å². The molecular weight excluding hydrogens is 118 g/mol. The van der Waals surface area contributed by atoms with E-state index in [4.69, 9.17) is 4.74 Å². The molecule has 1 saturated heterocycles. The summed E-state index contributed by atoms with van der Waals surface area (Å²) < 4.78 is 5.16. The molecule has 3 nitrogen and oxygen atoms in total. The van der Waals surface area contributed by atoms with Crippen LogP contribution in [0.1, 0.15) is 13.8 Å². The molecule has 0 aromatic rings. The van der Waals surface area contributed by atoms with E-state index in [1.54, 1.807) is 0 Å². The molecule has 9 heavy (non-hydrogen) atoms. The highest BCUT2D eigenvalue weighted by Crippen LogP contribution is 2.08. The molecular formula is C6H13NO2. The molecule has 1 aliphatic rings. The first-order valence-corrected chi connectivity index (χ1v) is 3.26. The normalized spacial score (nSPS) is 39.0. The molecule has 1 fully saturated rings. The molecule has 0 aromatic carbocycles. The van der Waals surface area contributed by atoms with Crippen LogP contribution < -0.4 is 0 Å². The maximum atomic E-state index is 9.20. The Balaban J connectivity index is 2.41. The molecule has 0 saturated carbocycles. The monoisotopic (exact) mass is 131 g/mol. The molecule has 0 radical (unpaired) electrons. The van der Waals surface area contributed by atoms with E-state index >= 15 is 0 Å². The lowest BCUT2D eigenvalue weighted by atomic mass is 10.2. The highest BCUT2D eigenvalue weighted by atomic mass is 16.5. The van der Waals surface area contributed by atoms with Crippen molar-refractivity contribution in [2.45, 2.75) is 25.9 Å². The Labute approximate surface area is 55.2 Å². The predicted octanol–water partition coefficient (Wildman–Crippen LogP) is 0.485. The highest BCUT2D eigenvalue weighted by Gasteiger charge is 2.22. The summed E-state index contributed by atoms with van der Waals surface area (Å²) in [4.78, 5) is 0. The summed E-state index contributed by atoms with van der Waals surface area (Å²) in [6.07, 6.45) is 0. The number of hydroxylamine groups is 2. The van der Waals surface area contributed by atoms with Gasteiger partial charge in [0, 0.05) is 0 Å². The lowest BCUT2D eigenvalue weighted by Crippen LogP contribution is -2.47. The van der Waals surface area contributed by atoms with Gasteiger partial charge in [0.05, 0.1) is 25.3 Å². The molecule has 0 bridgehead atoms. The Bertz CT molecular complexity index is 87.1. The zero-order valence-corrected chi connectivity index (χ0v) is 5.87. The predicted molar refractivity (Wildman–Crippen MR) is 33.4 cm³/mol. The molecule has 1 aliphatic heterocycles. The second-order valence-corrected chi connectivity index (χ2v) is 2.62. The zero-order chi connectivity index (χ0) is 6.85. The largest absolute Gasteiger partial charge is 0.378 e. The number of hydrogen-bond acceptors (Lipinski definition) is 3. The topological polar surface area (TPSA) is 32.7 Å². The standard InChI is InChI=1S/C6H13NO2/c1-5-3-9-4-6(2)7(5)8/h5-6,8H,3-4H2,1-2H3. The van der Waals surface area contributed by atoms with Crippen molar-refractivity contribution in [2.75, 3.05) is 13.2 Å². The first-order chi connectivity index (χ1) is 4.22. The van der Waals surface area contributed by atoms with Gasteiger partial charge in [-0.15, -0.1) is 0 Å². The Morgan fingerprint density at radius 3 is 2.11 bits per heavy atom. The van der Waals surface area contributed by atoms with Gasteiger partial charge in [0.15, 0.2) is 0 Å². The molecule has 0 aliphatic carbocycles. The molecule has 0 spiro atoms. The Hall–Kier alpha value is -0.120. The first-order valence-electron chi connectivity index (χ1n) is 3.26. The van der Waals surface area contributed by atoms with Crippen molar-refractivity contribution < 1.29 is 9.94 Å². The van der Waals surface area contributed by atoms with Crippen LogP contribution in [0.15, 0.2) is 0 Å². The third kappa shape index (κ3) is 1.41. The van der Waals surface area contributed by atoms with E-state index in [1.807, 2.05) is 13.8 Å². The molecule has 1 N–H and O–H groups in total. The van der Waals surface area contributed by atoms with E-state index in [0.717, 1.165) is 0 Å². The molecule has 3 heteroatoms. The summed E-state index contributed by atoms with van der Waals surface area (Å²) in [7, 11) is 0. The minimum absolute atomic E-state index is 0.147. The van der Waals surface area contributed by atoms with E-state index in [9.17, 15) is 5.21 Å². The number of morpholine rings is 1. The minimum atomic E-state index is 0.147. The Morgan fingerprint density at radius 2 is 1.78 bits per heavy atom. The average Bonchev–Trinajstić information content (AvgIpc) is 1.83. The van der Waals surface area contributed by atoms with Crippen molar-refractivity contribution in [1.82, 2.24) is 5.06 Å². The Kier molecular flexibility index (Phi) is 2.05. The maximum Gasteiger partial charge on any atom is 0.0643 e. The smallest absolute Gasteiger partial charge is 0.0643 e. The minimum Gasteiger partial charge on any atom is -0.378 e. The quantitative estimate of drug-likeness (QED) is 0.519. The third-order valence-electron chi connectivity index (χ3n) is 1.62. The molecule has 1 heterocycles. The van der Waals surface area contributed by atoms with Crippen LogP contribution in [0.25, 0.3) is 0 Å². The van der Waals surface area contributed by atoms with Crippen LogP contribution in [0, 0.1) is 0 Å². The summed E-state index contributed by atoms with van der Waals surface area (Å²) in [6.45, 7) is 5.16. The average molecular weight is 131 g/mol. The molecule has 2 atom stereocenters. The van der Waals surface area contributed by atoms with Crippen molar-refractivity contribution in [3.63, 3.8) is 0 Å². The number of hydrogen-bond donors (Lipinski definition) is 1. The van der Waals surface area contributed by atoms with Crippen molar-refractivity contribution >= 4 is 0 Å². The first kappa shape index (κ1) is 6.99. The van der Waals surface area contributed by atoms with Crippen molar-refractivity contribution in [2.24, 2.45) is 0 Å². The van der Waals surface area contributed by atoms with Crippen LogP contribution in [0.3, 0.4) is 0 Å². The fraction of sp³-hybridized carbons (Fsp3) is 1.00. The van der Waals surface area contributed by atoms with Gasteiger partial charge in [0.2, 0.25) is 0 Å². The summed E-state index contributed by atoms with van der Waals surface area (Å²) in [5.74, 6) is 0. The third-order valence-corrected chi connectivity index (χ3v) is 1.62.